The normalized spacial score (nSPS) is 27.4. The second-order valence-electron chi connectivity index (χ2n) is 8.46. The van der Waals surface area contributed by atoms with Crippen molar-refractivity contribution in [1.82, 2.24) is 10.9 Å². The number of amides is 1. The molecule has 148 valence electrons. The zero-order valence-corrected chi connectivity index (χ0v) is 17.4. The van der Waals surface area contributed by atoms with Crippen molar-refractivity contribution in [3.05, 3.63) is 63.9 Å². The van der Waals surface area contributed by atoms with Gasteiger partial charge in [0.05, 0.1) is 16.8 Å². The van der Waals surface area contributed by atoms with E-state index in [2.05, 4.69) is 31.6 Å². The number of nitrogens with zero attached hydrogens (tertiary/aromatic N) is 1. The lowest BCUT2D eigenvalue weighted by Crippen LogP contribution is -2.47. The average molecular weight is 422 g/mol. The Kier molecular flexibility index (Phi) is 4.91. The quantitative estimate of drug-likeness (QED) is 0.736. The molecule has 2 aromatic rings. The van der Waals surface area contributed by atoms with E-state index >= 15 is 0 Å². The van der Waals surface area contributed by atoms with Crippen molar-refractivity contribution in [3.63, 3.8) is 0 Å². The van der Waals surface area contributed by atoms with Gasteiger partial charge in [0.1, 0.15) is 6.04 Å². The van der Waals surface area contributed by atoms with Crippen LogP contribution in [0.4, 0.5) is 10.1 Å². The highest BCUT2D eigenvalue weighted by Crippen LogP contribution is 2.49. The predicted molar refractivity (Wildman–Crippen MR) is 110 cm³/mol. The molecule has 0 spiro atoms. The third kappa shape index (κ3) is 3.11. The van der Waals surface area contributed by atoms with Crippen LogP contribution in [0.3, 0.4) is 0 Å². The summed E-state index contributed by atoms with van der Waals surface area (Å²) in [6, 6.07) is 11.3. The van der Waals surface area contributed by atoms with Crippen LogP contribution in [0.25, 0.3) is 0 Å². The second kappa shape index (κ2) is 6.99. The van der Waals surface area contributed by atoms with Gasteiger partial charge in [0.2, 0.25) is 5.91 Å². The molecule has 2 fully saturated rings. The fraction of sp³-hybridized carbons (Fsp3) is 0.381. The highest BCUT2D eigenvalue weighted by atomic mass is 35.5. The minimum atomic E-state index is -0.586. The van der Waals surface area contributed by atoms with Gasteiger partial charge in [-0.3, -0.25) is 10.2 Å². The molecule has 0 radical (unpaired) electrons. The summed E-state index contributed by atoms with van der Waals surface area (Å²) in [5, 5.41) is 0.607. The molecule has 2 aromatic carbocycles. The van der Waals surface area contributed by atoms with Gasteiger partial charge in [-0.2, -0.15) is 0 Å². The number of carbonyl (C=O) groups is 1. The first-order valence-corrected chi connectivity index (χ1v) is 9.99. The van der Waals surface area contributed by atoms with Gasteiger partial charge in [-0.15, -0.1) is 0 Å². The molecule has 4 atom stereocenters. The maximum atomic E-state index is 14.9. The van der Waals surface area contributed by atoms with E-state index in [1.807, 2.05) is 12.1 Å². The molecule has 0 aliphatic carbocycles. The van der Waals surface area contributed by atoms with E-state index < -0.39 is 11.9 Å². The van der Waals surface area contributed by atoms with E-state index in [0.717, 1.165) is 5.56 Å². The standard InChI is InChI=1S/C21H22Cl2FN3O/c1-21(2,3)19-15-17(25-26-19)20(28)27(14-6-4-5-13(23)16(14)24)18(15)11-7-9-12(22)10-8-11/h4-10,15,17-19,25-26H,1-3H3. The number of fused-ring (bicyclic) bond motifs is 1. The molecule has 0 aromatic heterocycles. The number of benzene rings is 2. The summed E-state index contributed by atoms with van der Waals surface area (Å²) >= 11 is 12.1. The Morgan fingerprint density at radius 1 is 1.04 bits per heavy atom. The summed E-state index contributed by atoms with van der Waals surface area (Å²) in [5.41, 5.74) is 7.43. The van der Waals surface area contributed by atoms with Crippen LogP contribution in [-0.2, 0) is 4.79 Å². The van der Waals surface area contributed by atoms with Gasteiger partial charge in [-0.25, -0.2) is 9.82 Å². The van der Waals surface area contributed by atoms with Crippen LogP contribution in [0.2, 0.25) is 10.0 Å². The Hall–Kier alpha value is -1.66. The van der Waals surface area contributed by atoms with Gasteiger partial charge >= 0.3 is 0 Å². The first-order valence-electron chi connectivity index (χ1n) is 9.24. The summed E-state index contributed by atoms with van der Waals surface area (Å²) in [6.45, 7) is 6.38. The first kappa shape index (κ1) is 19.6. The van der Waals surface area contributed by atoms with Crippen molar-refractivity contribution < 1.29 is 9.18 Å². The molecule has 2 heterocycles. The van der Waals surface area contributed by atoms with Gasteiger partial charge in [0.25, 0.3) is 0 Å². The van der Waals surface area contributed by atoms with Crippen molar-refractivity contribution >= 4 is 34.8 Å². The summed E-state index contributed by atoms with van der Waals surface area (Å²) in [6.07, 6.45) is 0. The summed E-state index contributed by atoms with van der Waals surface area (Å²) in [7, 11) is 0. The number of carbonyl (C=O) groups excluding carboxylic acids is 1. The van der Waals surface area contributed by atoms with Crippen molar-refractivity contribution in [2.24, 2.45) is 11.3 Å². The van der Waals surface area contributed by atoms with E-state index in [1.54, 1.807) is 29.2 Å². The zero-order chi connectivity index (χ0) is 20.2. The van der Waals surface area contributed by atoms with E-state index in [-0.39, 0.29) is 40.0 Å². The molecule has 2 N–H and O–H groups in total. The Bertz CT molecular complexity index is 913. The highest BCUT2D eigenvalue weighted by Gasteiger charge is 2.58. The summed E-state index contributed by atoms with van der Waals surface area (Å²) < 4.78 is 14.9. The molecule has 2 aliphatic heterocycles. The molecule has 1 amide bonds. The largest absolute Gasteiger partial charge is 0.300 e. The van der Waals surface area contributed by atoms with Gasteiger partial charge in [0.15, 0.2) is 5.82 Å². The monoisotopic (exact) mass is 421 g/mol. The zero-order valence-electron chi connectivity index (χ0n) is 15.8. The smallest absolute Gasteiger partial charge is 0.246 e. The van der Waals surface area contributed by atoms with Gasteiger partial charge in [-0.1, -0.05) is 62.2 Å². The number of hydrogen-bond acceptors (Lipinski definition) is 3. The van der Waals surface area contributed by atoms with Crippen LogP contribution >= 0.6 is 23.2 Å². The molecule has 2 aliphatic rings. The van der Waals surface area contributed by atoms with Crippen molar-refractivity contribution in [2.45, 2.75) is 38.9 Å². The van der Waals surface area contributed by atoms with Crippen LogP contribution in [-0.4, -0.2) is 18.0 Å². The third-order valence-corrected chi connectivity index (χ3v) is 6.19. The Labute approximate surface area is 174 Å². The molecule has 0 bridgehead atoms. The lowest BCUT2D eigenvalue weighted by molar-refractivity contribution is -0.119. The number of halogens is 3. The lowest BCUT2D eigenvalue weighted by atomic mass is 9.74. The number of hydrogen-bond donors (Lipinski definition) is 2. The SMILES string of the molecule is CC(C)(C)C1NNC2C(=O)N(c3cccc(Cl)c3F)C(c3ccc(Cl)cc3)C21. The Morgan fingerprint density at radius 2 is 1.71 bits per heavy atom. The van der Waals surface area contributed by atoms with Gasteiger partial charge in [-0.05, 0) is 35.2 Å². The van der Waals surface area contributed by atoms with Crippen molar-refractivity contribution in [1.29, 1.82) is 0 Å². The molecule has 4 nitrogen and oxygen atoms in total. The van der Waals surface area contributed by atoms with Crippen LogP contribution in [0.15, 0.2) is 42.5 Å². The van der Waals surface area contributed by atoms with Gasteiger partial charge < -0.3 is 4.90 Å². The van der Waals surface area contributed by atoms with E-state index in [4.69, 9.17) is 23.2 Å². The Balaban J connectivity index is 1.88. The number of anilines is 1. The van der Waals surface area contributed by atoms with Crippen LogP contribution < -0.4 is 15.8 Å². The van der Waals surface area contributed by atoms with Crippen LogP contribution in [0.1, 0.15) is 32.4 Å². The van der Waals surface area contributed by atoms with E-state index in [9.17, 15) is 9.18 Å². The molecular formula is C21H22Cl2FN3O. The molecule has 7 heteroatoms. The van der Waals surface area contributed by atoms with E-state index in [0.29, 0.717) is 5.02 Å². The summed E-state index contributed by atoms with van der Waals surface area (Å²) in [4.78, 5) is 14.9. The number of hydrazine groups is 1. The molecule has 4 unspecified atom stereocenters. The predicted octanol–water partition coefficient (Wildman–Crippen LogP) is 4.73. The van der Waals surface area contributed by atoms with Crippen LogP contribution in [0.5, 0.6) is 0 Å². The number of rotatable bonds is 2. The topological polar surface area (TPSA) is 44.4 Å². The fourth-order valence-corrected chi connectivity index (χ4v) is 4.68. The second-order valence-corrected chi connectivity index (χ2v) is 9.31. The van der Waals surface area contributed by atoms with Gasteiger partial charge in [0, 0.05) is 17.0 Å². The highest BCUT2D eigenvalue weighted by molar-refractivity contribution is 6.31. The fourth-order valence-electron chi connectivity index (χ4n) is 4.39. The minimum absolute atomic E-state index is 0.00401. The first-order chi connectivity index (χ1) is 13.2. The molecule has 4 rings (SSSR count). The minimum Gasteiger partial charge on any atom is -0.300 e. The molecule has 28 heavy (non-hydrogen) atoms. The summed E-state index contributed by atoms with van der Waals surface area (Å²) in [5.74, 6) is -0.853. The molecule has 0 saturated carbocycles. The number of nitrogens with one attached hydrogen (secondary N) is 2. The van der Waals surface area contributed by atoms with Crippen LogP contribution in [0, 0.1) is 17.2 Å². The third-order valence-electron chi connectivity index (χ3n) is 5.65. The maximum Gasteiger partial charge on any atom is 0.246 e. The lowest BCUT2D eigenvalue weighted by Gasteiger charge is -2.36. The average Bonchev–Trinajstić information content (AvgIpc) is 3.18. The molecular weight excluding hydrogens is 400 g/mol. The van der Waals surface area contributed by atoms with Crippen molar-refractivity contribution in [3.8, 4) is 0 Å². The Morgan fingerprint density at radius 3 is 2.36 bits per heavy atom. The molecule has 2 saturated heterocycles. The maximum absolute atomic E-state index is 14.9. The van der Waals surface area contributed by atoms with E-state index in [1.165, 1.54) is 6.07 Å². The van der Waals surface area contributed by atoms with Crippen molar-refractivity contribution in [2.75, 3.05) is 4.90 Å².